The van der Waals surface area contributed by atoms with E-state index in [1.54, 1.807) is 24.3 Å². The second-order valence-electron chi connectivity index (χ2n) is 14.9. The highest BCUT2D eigenvalue weighted by Crippen LogP contribution is 2.35. The van der Waals surface area contributed by atoms with Gasteiger partial charge in [0.25, 0.3) is 0 Å². The lowest BCUT2D eigenvalue weighted by Gasteiger charge is -2.19. The van der Waals surface area contributed by atoms with Crippen molar-refractivity contribution in [1.82, 2.24) is 29.9 Å². The number of hydrogen-bond donors (Lipinski definition) is 6. The largest absolute Gasteiger partial charge is 0.418 e. The second kappa shape index (κ2) is 22.8. The van der Waals surface area contributed by atoms with Crippen LogP contribution in [0.25, 0.3) is 0 Å². The molecule has 4 aromatic carbocycles. The highest BCUT2D eigenvalue weighted by molar-refractivity contribution is 9.11. The molecule has 364 valence electrons. The maximum absolute atomic E-state index is 13.1. The number of benzene rings is 4. The van der Waals surface area contributed by atoms with Gasteiger partial charge in [-0.25, -0.2) is 35.9 Å². The molecule has 2 fully saturated rings. The molecule has 2 saturated heterocycles. The molecule has 16 nitrogen and oxygen atoms in total. The van der Waals surface area contributed by atoms with Crippen LogP contribution in [-0.4, -0.2) is 89.0 Å². The van der Waals surface area contributed by atoms with Crippen LogP contribution in [0.3, 0.4) is 0 Å². The number of likely N-dealkylation sites (tertiary alicyclic amines) is 2. The van der Waals surface area contributed by atoms with Crippen molar-refractivity contribution in [3.8, 4) is 12.4 Å². The number of urea groups is 2. The maximum atomic E-state index is 13.1. The van der Waals surface area contributed by atoms with Crippen molar-refractivity contribution in [1.29, 1.82) is 10.5 Å². The van der Waals surface area contributed by atoms with Crippen molar-refractivity contribution >= 4 is 107 Å². The first-order chi connectivity index (χ1) is 31.8. The highest BCUT2D eigenvalue weighted by atomic mass is 79.9. The normalized spacial score (nSPS) is 18.4. The predicted octanol–water partition coefficient (Wildman–Crippen LogP) is 8.51. The maximum Gasteiger partial charge on any atom is 0.418 e. The van der Waals surface area contributed by atoms with E-state index < -0.39 is 85.4 Å². The third kappa shape index (κ3) is 14.9. The van der Waals surface area contributed by atoms with Gasteiger partial charge in [0.05, 0.1) is 38.7 Å². The molecule has 0 bridgehead atoms. The Morgan fingerprint density at radius 3 is 1.56 bits per heavy atom. The van der Waals surface area contributed by atoms with Gasteiger partial charge in [-0.1, -0.05) is 50.1 Å². The van der Waals surface area contributed by atoms with E-state index in [0.717, 1.165) is 24.3 Å². The molecule has 0 aromatic heterocycles. The highest BCUT2D eigenvalue weighted by Gasteiger charge is 2.38. The summed E-state index contributed by atoms with van der Waals surface area (Å²) >= 11 is 12.9. The van der Waals surface area contributed by atoms with Crippen LogP contribution < -0.4 is 30.7 Å². The molecule has 0 radical (unpaired) electrons. The molecule has 0 unspecified atom stereocenters. The Morgan fingerprint density at radius 1 is 0.632 bits per heavy atom. The van der Waals surface area contributed by atoms with Crippen molar-refractivity contribution in [2.75, 3.05) is 36.8 Å². The zero-order valence-electron chi connectivity index (χ0n) is 34.5. The van der Waals surface area contributed by atoms with Crippen molar-refractivity contribution < 1.29 is 52.8 Å². The lowest BCUT2D eigenvalue weighted by atomic mass is 10.1. The summed E-state index contributed by atoms with van der Waals surface area (Å²) in [4.78, 5) is 27.1. The first kappa shape index (κ1) is 54.3. The molecule has 4 amide bonds. The monoisotopic (exact) mass is 1250 g/mol. The number of nitriles is 2. The molecular weight excluding hydrogens is 1210 g/mol. The summed E-state index contributed by atoms with van der Waals surface area (Å²) < 4.78 is 136. The number of para-hydroxylation sites is 1. The Hall–Kier alpha value is -4.68. The zero-order chi connectivity index (χ0) is 50.2. The van der Waals surface area contributed by atoms with E-state index in [1.807, 2.05) is 12.4 Å². The first-order valence-electron chi connectivity index (χ1n) is 19.5. The van der Waals surface area contributed by atoms with Crippen LogP contribution in [0.2, 0.25) is 0 Å². The van der Waals surface area contributed by atoms with Gasteiger partial charge < -0.3 is 31.1 Å². The van der Waals surface area contributed by atoms with Gasteiger partial charge in [0, 0.05) is 61.8 Å². The molecule has 0 spiro atoms. The van der Waals surface area contributed by atoms with Gasteiger partial charge >= 0.3 is 24.4 Å². The number of carbonyl (C=O) groups is 2. The minimum Gasteiger partial charge on any atom is -0.336 e. The predicted molar refractivity (Wildman–Crippen MR) is 250 cm³/mol. The number of hydrogen-bond acceptors (Lipinski definition) is 10. The van der Waals surface area contributed by atoms with Gasteiger partial charge in [-0.05, 0) is 111 Å². The molecule has 0 saturated carbocycles. The van der Waals surface area contributed by atoms with E-state index in [2.05, 4.69) is 94.4 Å². The quantitative estimate of drug-likeness (QED) is 0.0585. The fourth-order valence-electron chi connectivity index (χ4n) is 6.94. The molecule has 6 rings (SSSR count). The van der Waals surface area contributed by atoms with E-state index in [9.17, 15) is 63.3 Å². The number of amides is 4. The molecule has 68 heavy (non-hydrogen) atoms. The van der Waals surface area contributed by atoms with Gasteiger partial charge in [-0.15, -0.1) is 0 Å². The van der Waals surface area contributed by atoms with Crippen LogP contribution in [-0.2, 0) is 32.4 Å². The first-order valence-corrected chi connectivity index (χ1v) is 25.6. The summed E-state index contributed by atoms with van der Waals surface area (Å²) in [5.41, 5.74) is -2.33. The van der Waals surface area contributed by atoms with E-state index >= 15 is 0 Å². The number of nitrogens with one attached hydrogen (secondary N) is 6. The van der Waals surface area contributed by atoms with E-state index in [0.29, 0.717) is 17.9 Å². The van der Waals surface area contributed by atoms with E-state index in [4.69, 9.17) is 0 Å². The minimum absolute atomic E-state index is 0.0167. The third-order valence-corrected chi connectivity index (χ3v) is 16.0. The summed E-state index contributed by atoms with van der Waals surface area (Å²) in [6.45, 7) is 0.0821. The van der Waals surface area contributed by atoms with Crippen LogP contribution in [0.15, 0.2) is 113 Å². The molecule has 0 aliphatic carbocycles. The van der Waals surface area contributed by atoms with Crippen molar-refractivity contribution in [3.63, 3.8) is 0 Å². The minimum atomic E-state index is -4.64. The van der Waals surface area contributed by atoms with Gasteiger partial charge in [0.2, 0.25) is 20.0 Å². The van der Waals surface area contributed by atoms with E-state index in [-0.39, 0.29) is 54.5 Å². The molecule has 2 aliphatic heterocycles. The molecule has 2 heterocycles. The van der Waals surface area contributed by atoms with Crippen molar-refractivity contribution in [2.45, 2.75) is 59.2 Å². The summed E-state index contributed by atoms with van der Waals surface area (Å²) in [5, 5.41) is 28.3. The SMILES string of the molecule is N#CN1C[C@H](NS(=O)(=O)c2cc(Br)ccc2Br)C[C@@H]1CNC(=O)Nc1cccc(C(F)(F)F)c1.N#CN1C[C@H](NS(=O)(=O)c2cc(Br)ccc2Br)C[C@@H]1CNC(=O)Nc1ccccc1C(F)(F)F. The van der Waals surface area contributed by atoms with Gasteiger partial charge in [0.1, 0.15) is 0 Å². The summed E-state index contributed by atoms with van der Waals surface area (Å²) in [5.74, 6) is 0. The number of nitrogens with zero attached hydrogens (tertiary/aromatic N) is 4. The molecule has 28 heteroatoms. The summed E-state index contributed by atoms with van der Waals surface area (Å²) in [7, 11) is -7.81. The Bertz CT molecular complexity index is 2820. The molecular formula is C40H36Br4F6N10O6S2. The number of carbonyl (C=O) groups excluding carboxylic acids is 2. The standard InChI is InChI=1S/2C20H18Br2F3N5O3S/c21-13-4-5-17(22)18(7-13)34(32,33)29-15-8-16(30(10-15)11-26)9-27-19(31)28-14-3-1-2-12(6-14)20(23,24)25;21-12-5-6-16(22)18(7-12)34(32,33)29-13-8-14(30(10-13)11-26)9-27-19(31)28-17-4-2-1-3-15(17)20(23,24)25/h1-7,15-16,29H,8-10H2,(H2,27,28,31);1-7,13-14,29H,8-10H2,(H2,27,28,31)/t15-,16-;13-,14-/m11/s1. The lowest BCUT2D eigenvalue weighted by molar-refractivity contribution is -0.138. The fraction of sp³-hybridized carbons (Fsp3) is 0.300. The third-order valence-electron chi connectivity index (χ3n) is 10.0. The van der Waals surface area contributed by atoms with Crippen LogP contribution in [0.4, 0.5) is 47.3 Å². The van der Waals surface area contributed by atoms with Crippen LogP contribution >= 0.6 is 63.7 Å². The number of halogens is 10. The van der Waals surface area contributed by atoms with Crippen LogP contribution in [0.1, 0.15) is 24.0 Å². The van der Waals surface area contributed by atoms with Crippen molar-refractivity contribution in [2.24, 2.45) is 0 Å². The summed E-state index contributed by atoms with van der Waals surface area (Å²) in [6.07, 6.45) is -4.81. The molecule has 4 aromatic rings. The Morgan fingerprint density at radius 2 is 1.10 bits per heavy atom. The molecule has 2 aliphatic rings. The molecule has 4 atom stereocenters. The topological polar surface area (TPSA) is 229 Å². The lowest BCUT2D eigenvalue weighted by Crippen LogP contribution is -2.40. The smallest absolute Gasteiger partial charge is 0.336 e. The van der Waals surface area contributed by atoms with Gasteiger partial charge in [0.15, 0.2) is 12.4 Å². The van der Waals surface area contributed by atoms with E-state index in [1.165, 1.54) is 46.2 Å². The average molecular weight is 1250 g/mol. The number of alkyl halides is 6. The van der Waals surface area contributed by atoms with Crippen LogP contribution in [0.5, 0.6) is 0 Å². The van der Waals surface area contributed by atoms with Crippen molar-refractivity contribution in [3.05, 3.63) is 114 Å². The Labute approximate surface area is 419 Å². The average Bonchev–Trinajstić information content (AvgIpc) is 3.85. The Kier molecular flexibility index (Phi) is 18.2. The van der Waals surface area contributed by atoms with Gasteiger partial charge in [-0.3, -0.25) is 0 Å². The fourth-order valence-corrected chi connectivity index (χ4v) is 12.4. The summed E-state index contributed by atoms with van der Waals surface area (Å²) in [6, 6.07) is 14.3. The Balaban J connectivity index is 0.000000254. The number of sulfonamides is 2. The second-order valence-corrected chi connectivity index (χ2v) is 21.8. The number of anilines is 2. The molecule has 6 N–H and O–H groups in total. The van der Waals surface area contributed by atoms with Crippen LogP contribution in [0, 0.1) is 22.9 Å². The zero-order valence-corrected chi connectivity index (χ0v) is 42.4. The van der Waals surface area contributed by atoms with Gasteiger partial charge in [-0.2, -0.15) is 36.9 Å². The number of rotatable bonds is 12.